The summed E-state index contributed by atoms with van der Waals surface area (Å²) in [6.45, 7) is 2.29. The minimum atomic E-state index is -2.98. The number of hydrogen-bond acceptors (Lipinski definition) is 5. The first-order chi connectivity index (χ1) is 12.7. The predicted molar refractivity (Wildman–Crippen MR) is 97.4 cm³/mol. The standard InChI is InChI=1S/C18H17Cl2F2N3O2/c1-10(11-5-14(19)17(24-6-11)27-9-18(2,21)22)25-7-13-12(15(25)8-26)3-4-23-16(13)20/h3-6,8,10,15H,7,9H2,1-2H3. The summed E-state index contributed by atoms with van der Waals surface area (Å²) in [5, 5.41) is 0.497. The number of carbonyl (C=O) groups excluding carboxylic acids is 1. The molecule has 2 atom stereocenters. The van der Waals surface area contributed by atoms with Crippen molar-refractivity contribution < 1.29 is 18.3 Å². The lowest BCUT2D eigenvalue weighted by Gasteiger charge is -2.28. The van der Waals surface area contributed by atoms with Crippen molar-refractivity contribution >= 4 is 29.5 Å². The van der Waals surface area contributed by atoms with Gasteiger partial charge >= 0.3 is 0 Å². The zero-order valence-electron chi connectivity index (χ0n) is 14.6. The molecule has 3 rings (SSSR count). The van der Waals surface area contributed by atoms with Crippen LogP contribution in [0.1, 0.15) is 42.6 Å². The fraction of sp³-hybridized carbons (Fsp3) is 0.389. The molecule has 3 heterocycles. The van der Waals surface area contributed by atoms with Crippen LogP contribution < -0.4 is 4.74 Å². The molecule has 0 bridgehead atoms. The molecule has 2 aromatic rings. The molecular formula is C18H17Cl2F2N3O2. The summed E-state index contributed by atoms with van der Waals surface area (Å²) in [7, 11) is 0. The van der Waals surface area contributed by atoms with Gasteiger partial charge in [0.2, 0.25) is 5.88 Å². The fourth-order valence-electron chi connectivity index (χ4n) is 3.06. The molecule has 0 N–H and O–H groups in total. The van der Waals surface area contributed by atoms with E-state index in [1.54, 1.807) is 18.3 Å². The second kappa shape index (κ2) is 7.66. The number of halogens is 4. The number of pyridine rings is 2. The largest absolute Gasteiger partial charge is 0.470 e. The molecule has 0 aromatic carbocycles. The highest BCUT2D eigenvalue weighted by atomic mass is 35.5. The van der Waals surface area contributed by atoms with Gasteiger partial charge < -0.3 is 9.53 Å². The number of fused-ring (bicyclic) bond motifs is 1. The Labute approximate surface area is 165 Å². The average Bonchev–Trinajstić information content (AvgIpc) is 2.99. The summed E-state index contributed by atoms with van der Waals surface area (Å²) >= 11 is 12.3. The lowest BCUT2D eigenvalue weighted by Crippen LogP contribution is -2.26. The van der Waals surface area contributed by atoms with Crippen molar-refractivity contribution in [3.8, 4) is 5.88 Å². The molecule has 0 aliphatic carbocycles. The van der Waals surface area contributed by atoms with Crippen LogP contribution in [0.15, 0.2) is 24.5 Å². The number of ether oxygens (including phenoxy) is 1. The van der Waals surface area contributed by atoms with Crippen molar-refractivity contribution in [3.63, 3.8) is 0 Å². The minimum absolute atomic E-state index is 0.0574. The van der Waals surface area contributed by atoms with Crippen molar-refractivity contribution in [1.29, 1.82) is 0 Å². The highest BCUT2D eigenvalue weighted by molar-refractivity contribution is 6.31. The molecular weight excluding hydrogens is 399 g/mol. The number of aromatic nitrogens is 2. The third kappa shape index (κ3) is 4.20. The van der Waals surface area contributed by atoms with Gasteiger partial charge in [0, 0.05) is 37.5 Å². The number of carbonyl (C=O) groups is 1. The van der Waals surface area contributed by atoms with Gasteiger partial charge in [-0.15, -0.1) is 0 Å². The van der Waals surface area contributed by atoms with Crippen LogP contribution in [0, 0.1) is 0 Å². The summed E-state index contributed by atoms with van der Waals surface area (Å²) in [6.07, 6.45) is 3.93. The monoisotopic (exact) mass is 415 g/mol. The predicted octanol–water partition coefficient (Wildman–Crippen LogP) is 4.63. The Kier molecular flexibility index (Phi) is 5.65. The first-order valence-corrected chi connectivity index (χ1v) is 8.97. The summed E-state index contributed by atoms with van der Waals surface area (Å²) in [4.78, 5) is 21.7. The maximum atomic E-state index is 12.9. The van der Waals surface area contributed by atoms with Crippen LogP contribution in [0.25, 0.3) is 0 Å². The lowest BCUT2D eigenvalue weighted by atomic mass is 10.1. The van der Waals surface area contributed by atoms with E-state index in [0.717, 1.165) is 29.9 Å². The normalized spacial score (nSPS) is 18.2. The molecule has 0 radical (unpaired) electrons. The molecule has 1 aliphatic heterocycles. The van der Waals surface area contributed by atoms with Gasteiger partial charge in [0.15, 0.2) is 6.61 Å². The van der Waals surface area contributed by atoms with Crippen molar-refractivity contribution in [3.05, 3.63) is 51.4 Å². The highest BCUT2D eigenvalue weighted by Gasteiger charge is 2.35. The Morgan fingerprint density at radius 2 is 2.19 bits per heavy atom. The summed E-state index contributed by atoms with van der Waals surface area (Å²) in [6, 6.07) is 2.69. The van der Waals surface area contributed by atoms with Gasteiger partial charge in [-0.25, -0.2) is 18.7 Å². The van der Waals surface area contributed by atoms with Crippen LogP contribution in [0.3, 0.4) is 0 Å². The van der Waals surface area contributed by atoms with E-state index in [1.807, 2.05) is 11.8 Å². The zero-order chi connectivity index (χ0) is 19.8. The van der Waals surface area contributed by atoms with Crippen LogP contribution in [0.2, 0.25) is 10.2 Å². The van der Waals surface area contributed by atoms with Crippen LogP contribution >= 0.6 is 23.2 Å². The summed E-state index contributed by atoms with van der Waals surface area (Å²) in [5.74, 6) is -3.04. The molecule has 0 amide bonds. The van der Waals surface area contributed by atoms with Crippen molar-refractivity contribution in [2.45, 2.75) is 38.4 Å². The van der Waals surface area contributed by atoms with Crippen LogP contribution in [0.4, 0.5) is 8.78 Å². The Bertz CT molecular complexity index is 861. The molecule has 2 unspecified atom stereocenters. The molecule has 1 aliphatic rings. The van der Waals surface area contributed by atoms with Gasteiger partial charge in [-0.2, -0.15) is 0 Å². The lowest BCUT2D eigenvalue weighted by molar-refractivity contribution is -0.113. The molecule has 0 spiro atoms. The molecule has 2 aromatic heterocycles. The van der Waals surface area contributed by atoms with Crippen molar-refractivity contribution in [2.75, 3.05) is 6.61 Å². The first-order valence-electron chi connectivity index (χ1n) is 8.21. The third-order valence-corrected chi connectivity index (χ3v) is 5.05. The highest BCUT2D eigenvalue weighted by Crippen LogP contribution is 2.41. The van der Waals surface area contributed by atoms with Crippen LogP contribution in [0.5, 0.6) is 5.88 Å². The Morgan fingerprint density at radius 3 is 2.81 bits per heavy atom. The molecule has 27 heavy (non-hydrogen) atoms. The van der Waals surface area contributed by atoms with Gasteiger partial charge in [-0.3, -0.25) is 4.90 Å². The van der Waals surface area contributed by atoms with Gasteiger partial charge in [-0.1, -0.05) is 23.2 Å². The number of nitrogens with zero attached hydrogens (tertiary/aromatic N) is 3. The third-order valence-electron chi connectivity index (χ3n) is 4.46. The van der Waals surface area contributed by atoms with E-state index >= 15 is 0 Å². The van der Waals surface area contributed by atoms with E-state index in [2.05, 4.69) is 9.97 Å². The second-order valence-electron chi connectivity index (χ2n) is 6.51. The van der Waals surface area contributed by atoms with Gasteiger partial charge in [0.05, 0.1) is 6.04 Å². The van der Waals surface area contributed by atoms with Gasteiger partial charge in [-0.05, 0) is 30.2 Å². The quantitative estimate of drug-likeness (QED) is 0.508. The maximum Gasteiger partial charge on any atom is 0.278 e. The van der Waals surface area contributed by atoms with Crippen LogP contribution in [-0.2, 0) is 11.3 Å². The van der Waals surface area contributed by atoms with Gasteiger partial charge in [0.25, 0.3) is 5.92 Å². The number of rotatable bonds is 6. The number of hydrogen-bond donors (Lipinski definition) is 0. The van der Waals surface area contributed by atoms with Crippen LogP contribution in [-0.4, -0.2) is 33.7 Å². The molecule has 0 saturated carbocycles. The molecule has 0 fully saturated rings. The molecule has 5 nitrogen and oxygen atoms in total. The second-order valence-corrected chi connectivity index (χ2v) is 7.28. The van der Waals surface area contributed by atoms with Crippen molar-refractivity contribution in [1.82, 2.24) is 14.9 Å². The van der Waals surface area contributed by atoms with E-state index in [4.69, 9.17) is 27.9 Å². The Hall–Kier alpha value is -1.83. The van der Waals surface area contributed by atoms with E-state index in [1.165, 1.54) is 6.20 Å². The SMILES string of the molecule is CC(c1cnc(OCC(C)(F)F)c(Cl)c1)N1Cc2c(ccnc2Cl)C1C=O. The fourth-order valence-corrected chi connectivity index (χ4v) is 3.52. The summed E-state index contributed by atoms with van der Waals surface area (Å²) in [5.41, 5.74) is 2.35. The maximum absolute atomic E-state index is 12.9. The molecule has 144 valence electrons. The first kappa shape index (κ1) is 19.9. The smallest absolute Gasteiger partial charge is 0.278 e. The van der Waals surface area contributed by atoms with E-state index in [9.17, 15) is 13.6 Å². The Morgan fingerprint density at radius 1 is 1.44 bits per heavy atom. The van der Waals surface area contributed by atoms with E-state index < -0.39 is 18.6 Å². The average molecular weight is 416 g/mol. The summed E-state index contributed by atoms with van der Waals surface area (Å²) < 4.78 is 30.9. The number of alkyl halides is 2. The molecule has 0 saturated heterocycles. The topological polar surface area (TPSA) is 55.3 Å². The molecule has 9 heteroatoms. The number of aldehydes is 1. The Balaban J connectivity index is 1.82. The van der Waals surface area contributed by atoms with Crippen molar-refractivity contribution in [2.24, 2.45) is 0 Å². The van der Waals surface area contributed by atoms with Gasteiger partial charge in [0.1, 0.15) is 16.5 Å². The van der Waals surface area contributed by atoms with E-state index in [0.29, 0.717) is 11.7 Å². The minimum Gasteiger partial charge on any atom is -0.470 e. The zero-order valence-corrected chi connectivity index (χ0v) is 16.1. The van der Waals surface area contributed by atoms with E-state index in [-0.39, 0.29) is 16.9 Å².